The minimum Gasteiger partial charge on any atom is -0.494 e. The molecule has 0 aliphatic carbocycles. The molecule has 0 fully saturated rings. The number of rotatable bonds is 18. The molecule has 6 aromatic rings. The summed E-state index contributed by atoms with van der Waals surface area (Å²) >= 11 is 3.55. The summed E-state index contributed by atoms with van der Waals surface area (Å²) in [5, 5.41) is 12.4. The number of benzene rings is 6. The predicted molar refractivity (Wildman–Crippen MR) is 226 cm³/mol. The lowest BCUT2D eigenvalue weighted by molar-refractivity contribution is -0.128. The molecule has 1 aliphatic heterocycles. The van der Waals surface area contributed by atoms with Crippen molar-refractivity contribution in [3.8, 4) is 17.2 Å². The van der Waals surface area contributed by atoms with Crippen LogP contribution in [0.15, 0.2) is 167 Å². The molecule has 6 aromatic carbocycles. The number of hydrogen-bond acceptors (Lipinski definition) is 7. The zero-order valence-electron chi connectivity index (χ0n) is 31.6. The molecule has 9 heteroatoms. The van der Waals surface area contributed by atoms with Crippen molar-refractivity contribution in [2.45, 2.75) is 44.1 Å². The van der Waals surface area contributed by atoms with Gasteiger partial charge in [-0.05, 0) is 82.8 Å². The van der Waals surface area contributed by atoms with E-state index in [1.165, 1.54) is 0 Å². The van der Waals surface area contributed by atoms with Crippen molar-refractivity contribution in [3.05, 3.63) is 196 Å². The second kappa shape index (κ2) is 19.3. The molecular formula is C48H45BrN2O6. The van der Waals surface area contributed by atoms with Crippen molar-refractivity contribution in [2.75, 3.05) is 19.8 Å². The van der Waals surface area contributed by atoms with Gasteiger partial charge in [0, 0.05) is 36.0 Å². The minimum atomic E-state index is -1.32. The molecule has 0 saturated carbocycles. The highest BCUT2D eigenvalue weighted by atomic mass is 79.9. The van der Waals surface area contributed by atoms with E-state index < -0.39 is 11.6 Å². The lowest BCUT2D eigenvalue weighted by Gasteiger charge is -2.31. The molecule has 2 N–H and O–H groups in total. The van der Waals surface area contributed by atoms with Gasteiger partial charge in [-0.1, -0.05) is 125 Å². The molecule has 0 bridgehead atoms. The first-order valence-electron chi connectivity index (χ1n) is 19.1. The monoisotopic (exact) mass is 824 g/mol. The smallest absolute Gasteiger partial charge is 0.252 e. The van der Waals surface area contributed by atoms with Crippen LogP contribution in [0, 0.1) is 0 Å². The van der Waals surface area contributed by atoms with Gasteiger partial charge >= 0.3 is 0 Å². The van der Waals surface area contributed by atoms with Crippen LogP contribution in [0.2, 0.25) is 0 Å². The molecule has 57 heavy (non-hydrogen) atoms. The highest BCUT2D eigenvalue weighted by Crippen LogP contribution is 2.43. The van der Waals surface area contributed by atoms with Crippen molar-refractivity contribution in [1.29, 1.82) is 0 Å². The average molecular weight is 826 g/mol. The standard InChI is InChI=1S/C48H45BrN2O6/c49-41-22-17-36(18-23-41)32-48(45(39-15-8-3-9-16-39)57-46(51-48)40-20-24-42(25-21-40)54-30-10-29-52)47(53)50-28-27-35-19-26-43(55-33-37-11-4-1-5-12-37)44(31-35)56-34-38-13-6-2-7-14-38/h1-9,11-26,31,45,52H,10,27-30,32-34H2,(H,50,53)/t45-,48-/m1/s1. The fourth-order valence-corrected chi connectivity index (χ4v) is 6.97. The lowest BCUT2D eigenvalue weighted by Crippen LogP contribution is -2.50. The molecule has 0 aromatic heterocycles. The summed E-state index contributed by atoms with van der Waals surface area (Å²) in [4.78, 5) is 20.0. The number of hydrogen-bond donors (Lipinski definition) is 2. The van der Waals surface area contributed by atoms with E-state index in [1.807, 2.05) is 158 Å². The highest BCUT2D eigenvalue weighted by Gasteiger charge is 2.53. The largest absolute Gasteiger partial charge is 0.494 e. The predicted octanol–water partition coefficient (Wildman–Crippen LogP) is 9.23. The summed E-state index contributed by atoms with van der Waals surface area (Å²) in [6.07, 6.45) is 0.702. The molecule has 0 unspecified atom stereocenters. The van der Waals surface area contributed by atoms with E-state index in [4.69, 9.17) is 29.0 Å². The zero-order valence-corrected chi connectivity index (χ0v) is 33.1. The second-order valence-corrected chi connectivity index (χ2v) is 14.8. The van der Waals surface area contributed by atoms with E-state index in [2.05, 4.69) is 21.2 Å². The minimum absolute atomic E-state index is 0.0623. The number of carbonyl (C=O) groups excluding carboxylic acids is 1. The number of ether oxygens (including phenoxy) is 4. The third kappa shape index (κ3) is 10.3. The lowest BCUT2D eigenvalue weighted by atomic mass is 9.82. The van der Waals surface area contributed by atoms with Gasteiger partial charge in [0.2, 0.25) is 5.90 Å². The quantitative estimate of drug-likeness (QED) is 0.0840. The van der Waals surface area contributed by atoms with Crippen LogP contribution in [0.5, 0.6) is 17.2 Å². The Morgan fingerprint density at radius 3 is 1.96 bits per heavy atom. The van der Waals surface area contributed by atoms with Crippen molar-refractivity contribution in [3.63, 3.8) is 0 Å². The van der Waals surface area contributed by atoms with Crippen LogP contribution in [0.25, 0.3) is 0 Å². The zero-order chi connectivity index (χ0) is 39.3. The average Bonchev–Trinajstić information content (AvgIpc) is 3.65. The Morgan fingerprint density at radius 2 is 1.32 bits per heavy atom. The molecule has 0 radical (unpaired) electrons. The Kier molecular flexibility index (Phi) is 13.3. The Hall–Kier alpha value is -5.90. The van der Waals surface area contributed by atoms with E-state index in [0.717, 1.165) is 37.9 Å². The summed E-state index contributed by atoms with van der Waals surface area (Å²) in [6, 6.07) is 51.2. The highest BCUT2D eigenvalue weighted by molar-refractivity contribution is 9.10. The van der Waals surface area contributed by atoms with Gasteiger partial charge in [-0.3, -0.25) is 4.79 Å². The maximum atomic E-state index is 14.8. The molecule has 0 saturated heterocycles. The number of halogens is 1. The molecule has 1 aliphatic rings. The summed E-state index contributed by atoms with van der Waals surface area (Å²) in [5.41, 5.74) is 4.30. The Balaban J connectivity index is 1.14. The van der Waals surface area contributed by atoms with E-state index in [1.54, 1.807) is 0 Å². The third-order valence-electron chi connectivity index (χ3n) is 9.70. The number of amides is 1. The molecule has 1 amide bonds. The number of aliphatic imine (C=N–C) groups is 1. The molecule has 2 atom stereocenters. The first-order valence-corrected chi connectivity index (χ1v) is 19.9. The van der Waals surface area contributed by atoms with Crippen LogP contribution >= 0.6 is 15.9 Å². The normalized spacial score (nSPS) is 16.0. The van der Waals surface area contributed by atoms with Crippen molar-refractivity contribution >= 4 is 27.7 Å². The summed E-state index contributed by atoms with van der Waals surface area (Å²) in [7, 11) is 0. The van der Waals surface area contributed by atoms with Gasteiger partial charge in [-0.25, -0.2) is 4.99 Å². The number of aliphatic hydroxyl groups excluding tert-OH is 1. The molecule has 0 spiro atoms. The number of nitrogens with zero attached hydrogens (tertiary/aromatic N) is 1. The second-order valence-electron chi connectivity index (χ2n) is 13.8. The molecular weight excluding hydrogens is 780 g/mol. The van der Waals surface area contributed by atoms with Gasteiger partial charge in [0.25, 0.3) is 5.91 Å². The van der Waals surface area contributed by atoms with E-state index in [-0.39, 0.29) is 12.5 Å². The maximum Gasteiger partial charge on any atom is 0.252 e. The summed E-state index contributed by atoms with van der Waals surface area (Å²) < 4.78 is 26.0. The first kappa shape index (κ1) is 39.3. The van der Waals surface area contributed by atoms with Crippen LogP contribution < -0.4 is 19.5 Å². The van der Waals surface area contributed by atoms with E-state index in [9.17, 15) is 4.79 Å². The van der Waals surface area contributed by atoms with E-state index in [0.29, 0.717) is 68.8 Å². The third-order valence-corrected chi connectivity index (χ3v) is 10.2. The maximum absolute atomic E-state index is 14.8. The van der Waals surface area contributed by atoms with E-state index >= 15 is 0 Å². The number of nitrogens with one attached hydrogen (secondary N) is 1. The Morgan fingerprint density at radius 1 is 0.702 bits per heavy atom. The Labute approximate surface area is 342 Å². The van der Waals surface area contributed by atoms with Crippen LogP contribution in [0.1, 0.15) is 45.9 Å². The van der Waals surface area contributed by atoms with Crippen LogP contribution in [0.3, 0.4) is 0 Å². The van der Waals surface area contributed by atoms with Crippen LogP contribution in [0.4, 0.5) is 0 Å². The van der Waals surface area contributed by atoms with Crippen molar-refractivity contribution in [2.24, 2.45) is 4.99 Å². The van der Waals surface area contributed by atoms with Gasteiger partial charge in [0.15, 0.2) is 23.1 Å². The van der Waals surface area contributed by atoms with Crippen LogP contribution in [-0.4, -0.2) is 42.2 Å². The fourth-order valence-electron chi connectivity index (χ4n) is 6.71. The number of aliphatic hydroxyl groups is 1. The molecule has 1 heterocycles. The summed E-state index contributed by atoms with van der Waals surface area (Å²) in [5.74, 6) is 2.11. The molecule has 7 rings (SSSR count). The number of carbonyl (C=O) groups is 1. The first-order chi connectivity index (χ1) is 28.0. The van der Waals surface area contributed by atoms with Gasteiger partial charge in [-0.2, -0.15) is 0 Å². The Bertz CT molecular complexity index is 2220. The summed E-state index contributed by atoms with van der Waals surface area (Å²) in [6.45, 7) is 1.63. The van der Waals surface area contributed by atoms with Gasteiger partial charge in [0.05, 0.1) is 6.61 Å². The molecule has 290 valence electrons. The van der Waals surface area contributed by atoms with Crippen LogP contribution in [-0.2, 0) is 35.6 Å². The SMILES string of the molecule is O=C(NCCc1ccc(OCc2ccccc2)c(OCc2ccccc2)c1)[C@]1(Cc2ccc(Br)cc2)N=C(c2ccc(OCCCO)cc2)O[C@@H]1c1ccccc1. The van der Waals surface area contributed by atoms with Gasteiger partial charge in [-0.15, -0.1) is 0 Å². The topological polar surface area (TPSA) is 98.6 Å². The van der Waals surface area contributed by atoms with Gasteiger partial charge < -0.3 is 29.4 Å². The van der Waals surface area contributed by atoms with Gasteiger partial charge in [0.1, 0.15) is 19.0 Å². The fraction of sp³-hybridized carbons (Fsp3) is 0.208. The molecule has 8 nitrogen and oxygen atoms in total. The van der Waals surface area contributed by atoms with Crippen molar-refractivity contribution < 1.29 is 28.8 Å². The van der Waals surface area contributed by atoms with Crippen molar-refractivity contribution in [1.82, 2.24) is 5.32 Å².